The van der Waals surface area contributed by atoms with Crippen molar-refractivity contribution in [2.24, 2.45) is 10.9 Å². The van der Waals surface area contributed by atoms with Crippen molar-refractivity contribution >= 4 is 11.8 Å². The van der Waals surface area contributed by atoms with Crippen LogP contribution in [-0.4, -0.2) is 37.1 Å². The van der Waals surface area contributed by atoms with Crippen LogP contribution in [0.4, 0.5) is 5.82 Å². The van der Waals surface area contributed by atoms with Gasteiger partial charge in [-0.25, -0.2) is 9.98 Å². The summed E-state index contributed by atoms with van der Waals surface area (Å²) in [7, 11) is 0. The first-order chi connectivity index (χ1) is 12.2. The highest BCUT2D eigenvalue weighted by molar-refractivity contribution is 5.79. The molecule has 1 saturated heterocycles. The van der Waals surface area contributed by atoms with Crippen molar-refractivity contribution in [3.05, 3.63) is 23.9 Å². The van der Waals surface area contributed by atoms with Gasteiger partial charge in [-0.2, -0.15) is 0 Å². The molecule has 0 spiro atoms. The average molecular weight is 346 g/mol. The van der Waals surface area contributed by atoms with Crippen LogP contribution in [0.3, 0.4) is 0 Å². The Balaban J connectivity index is 1.96. The minimum atomic E-state index is 0.681. The molecule has 2 heterocycles. The number of aromatic nitrogens is 1. The van der Waals surface area contributed by atoms with Crippen LogP contribution < -0.4 is 15.5 Å². The number of nitrogens with zero attached hydrogens (tertiary/aromatic N) is 3. The lowest BCUT2D eigenvalue weighted by molar-refractivity contribution is 0.573. The molecule has 1 aromatic rings. The SMILES string of the molecule is CCNC(=NCc1ccnc(N2CCCCCC2)c1)NCCC(C)C. The van der Waals surface area contributed by atoms with E-state index >= 15 is 0 Å². The monoisotopic (exact) mass is 345 g/mol. The highest BCUT2D eigenvalue weighted by atomic mass is 15.2. The molecule has 0 atom stereocenters. The van der Waals surface area contributed by atoms with Gasteiger partial charge >= 0.3 is 0 Å². The lowest BCUT2D eigenvalue weighted by Gasteiger charge is -2.21. The van der Waals surface area contributed by atoms with E-state index < -0.39 is 0 Å². The Labute approximate surface area is 153 Å². The Bertz CT molecular complexity index is 519. The van der Waals surface area contributed by atoms with E-state index in [-0.39, 0.29) is 0 Å². The second-order valence-electron chi connectivity index (χ2n) is 7.23. The number of hydrogen-bond acceptors (Lipinski definition) is 3. The smallest absolute Gasteiger partial charge is 0.191 e. The van der Waals surface area contributed by atoms with Crippen LogP contribution in [0.1, 0.15) is 58.4 Å². The number of pyridine rings is 1. The maximum atomic E-state index is 4.73. The first-order valence-corrected chi connectivity index (χ1v) is 9.91. The van der Waals surface area contributed by atoms with Gasteiger partial charge in [0.1, 0.15) is 5.82 Å². The molecule has 5 heteroatoms. The van der Waals surface area contributed by atoms with Gasteiger partial charge in [0, 0.05) is 32.4 Å². The molecule has 0 radical (unpaired) electrons. The molecule has 1 aromatic heterocycles. The number of rotatable bonds is 7. The van der Waals surface area contributed by atoms with Gasteiger partial charge in [-0.05, 0) is 49.8 Å². The summed E-state index contributed by atoms with van der Waals surface area (Å²) in [6.45, 7) is 11.4. The molecule has 0 aromatic carbocycles. The van der Waals surface area contributed by atoms with Gasteiger partial charge in [0.25, 0.3) is 0 Å². The summed E-state index contributed by atoms with van der Waals surface area (Å²) in [6, 6.07) is 4.27. The molecule has 1 fully saturated rings. The van der Waals surface area contributed by atoms with E-state index in [1.54, 1.807) is 0 Å². The molecule has 140 valence electrons. The fraction of sp³-hybridized carbons (Fsp3) is 0.700. The first kappa shape index (κ1) is 19.5. The number of nitrogens with one attached hydrogen (secondary N) is 2. The van der Waals surface area contributed by atoms with E-state index in [4.69, 9.17) is 4.99 Å². The van der Waals surface area contributed by atoms with Gasteiger partial charge in [0.2, 0.25) is 0 Å². The van der Waals surface area contributed by atoms with Gasteiger partial charge in [-0.3, -0.25) is 0 Å². The summed E-state index contributed by atoms with van der Waals surface area (Å²) in [5.74, 6) is 2.70. The van der Waals surface area contributed by atoms with E-state index in [0.717, 1.165) is 44.4 Å². The van der Waals surface area contributed by atoms with Crippen molar-refractivity contribution in [2.45, 2.75) is 59.4 Å². The van der Waals surface area contributed by atoms with Crippen LogP contribution in [-0.2, 0) is 6.54 Å². The van der Waals surface area contributed by atoms with Crippen LogP contribution in [0.2, 0.25) is 0 Å². The van der Waals surface area contributed by atoms with Gasteiger partial charge in [0.05, 0.1) is 6.54 Å². The molecule has 25 heavy (non-hydrogen) atoms. The molecular formula is C20H35N5. The maximum absolute atomic E-state index is 4.73. The van der Waals surface area contributed by atoms with Gasteiger partial charge < -0.3 is 15.5 Å². The third kappa shape index (κ3) is 7.32. The second kappa shape index (κ2) is 11.0. The quantitative estimate of drug-likeness (QED) is 0.586. The topological polar surface area (TPSA) is 52.6 Å². The van der Waals surface area contributed by atoms with Crippen LogP contribution in [0.25, 0.3) is 0 Å². The summed E-state index contributed by atoms with van der Waals surface area (Å²) in [6.07, 6.45) is 8.30. The fourth-order valence-electron chi connectivity index (χ4n) is 3.02. The highest BCUT2D eigenvalue weighted by Gasteiger charge is 2.11. The van der Waals surface area contributed by atoms with Crippen LogP contribution in [0.15, 0.2) is 23.3 Å². The number of anilines is 1. The molecule has 0 bridgehead atoms. The van der Waals surface area contributed by atoms with E-state index in [0.29, 0.717) is 12.5 Å². The maximum Gasteiger partial charge on any atom is 0.191 e. The zero-order chi connectivity index (χ0) is 17.9. The third-order valence-corrected chi connectivity index (χ3v) is 4.52. The van der Waals surface area contributed by atoms with Crippen LogP contribution in [0, 0.1) is 5.92 Å². The molecule has 1 aliphatic rings. The van der Waals surface area contributed by atoms with Gasteiger partial charge in [-0.1, -0.05) is 26.7 Å². The standard InChI is InChI=1S/C20H35N5/c1-4-21-20(23-11-9-17(2)3)24-16-18-10-12-22-19(15-18)25-13-7-5-6-8-14-25/h10,12,15,17H,4-9,11,13-14,16H2,1-3H3,(H2,21,23,24). The minimum Gasteiger partial charge on any atom is -0.357 e. The molecule has 0 unspecified atom stereocenters. The summed E-state index contributed by atoms with van der Waals surface area (Å²) in [4.78, 5) is 11.7. The lowest BCUT2D eigenvalue weighted by Crippen LogP contribution is -2.38. The Hall–Kier alpha value is -1.78. The summed E-state index contributed by atoms with van der Waals surface area (Å²) in [5, 5.41) is 6.75. The number of guanidine groups is 1. The Kier molecular flexibility index (Phi) is 8.56. The Morgan fingerprint density at radius 2 is 1.96 bits per heavy atom. The van der Waals surface area contributed by atoms with Crippen molar-refractivity contribution in [1.82, 2.24) is 15.6 Å². The minimum absolute atomic E-state index is 0.681. The average Bonchev–Trinajstić information content (AvgIpc) is 2.89. The fourth-order valence-corrected chi connectivity index (χ4v) is 3.02. The molecule has 0 aliphatic carbocycles. The van der Waals surface area contributed by atoms with Crippen molar-refractivity contribution in [2.75, 3.05) is 31.1 Å². The Morgan fingerprint density at radius 1 is 1.20 bits per heavy atom. The van der Waals surface area contributed by atoms with E-state index in [9.17, 15) is 0 Å². The first-order valence-electron chi connectivity index (χ1n) is 9.91. The predicted octanol–water partition coefficient (Wildman–Crippen LogP) is 3.56. The zero-order valence-corrected chi connectivity index (χ0v) is 16.2. The van der Waals surface area contributed by atoms with Crippen molar-refractivity contribution in [1.29, 1.82) is 0 Å². The van der Waals surface area contributed by atoms with E-state index in [1.807, 2.05) is 6.20 Å². The lowest BCUT2D eigenvalue weighted by atomic mass is 10.1. The Morgan fingerprint density at radius 3 is 2.64 bits per heavy atom. The molecule has 0 saturated carbocycles. The molecule has 2 N–H and O–H groups in total. The summed E-state index contributed by atoms with van der Waals surface area (Å²) in [5.41, 5.74) is 1.22. The molecule has 0 amide bonds. The van der Waals surface area contributed by atoms with E-state index in [2.05, 4.69) is 53.4 Å². The van der Waals surface area contributed by atoms with E-state index in [1.165, 1.54) is 31.2 Å². The molecule has 1 aliphatic heterocycles. The highest BCUT2D eigenvalue weighted by Crippen LogP contribution is 2.18. The van der Waals surface area contributed by atoms with Crippen molar-refractivity contribution in [3.8, 4) is 0 Å². The zero-order valence-electron chi connectivity index (χ0n) is 16.2. The normalized spacial score (nSPS) is 16.0. The second-order valence-corrected chi connectivity index (χ2v) is 7.23. The summed E-state index contributed by atoms with van der Waals surface area (Å²) < 4.78 is 0. The largest absolute Gasteiger partial charge is 0.357 e. The van der Waals surface area contributed by atoms with Gasteiger partial charge in [-0.15, -0.1) is 0 Å². The number of hydrogen-bond donors (Lipinski definition) is 2. The number of aliphatic imine (C=N–C) groups is 1. The van der Waals surface area contributed by atoms with Crippen molar-refractivity contribution in [3.63, 3.8) is 0 Å². The van der Waals surface area contributed by atoms with Crippen LogP contribution in [0.5, 0.6) is 0 Å². The molecule has 5 nitrogen and oxygen atoms in total. The predicted molar refractivity (Wildman–Crippen MR) is 107 cm³/mol. The summed E-state index contributed by atoms with van der Waals surface area (Å²) >= 11 is 0. The molecular weight excluding hydrogens is 310 g/mol. The van der Waals surface area contributed by atoms with Crippen LogP contribution >= 0.6 is 0 Å². The van der Waals surface area contributed by atoms with Crippen molar-refractivity contribution < 1.29 is 0 Å². The van der Waals surface area contributed by atoms with Gasteiger partial charge in [0.15, 0.2) is 5.96 Å². The third-order valence-electron chi connectivity index (χ3n) is 4.52. The molecule has 2 rings (SSSR count).